The topological polar surface area (TPSA) is 79.3 Å². The van der Waals surface area contributed by atoms with Crippen LogP contribution < -0.4 is 4.74 Å². The van der Waals surface area contributed by atoms with Crippen LogP contribution in [0.25, 0.3) is 5.76 Å². The van der Waals surface area contributed by atoms with Crippen molar-refractivity contribution in [3.63, 3.8) is 0 Å². The number of rotatable bonds is 7. The highest BCUT2D eigenvalue weighted by Gasteiger charge is 2.46. The number of aliphatic hydroxyl groups is 1. The van der Waals surface area contributed by atoms with Crippen LogP contribution in [0.1, 0.15) is 29.2 Å². The molecule has 2 aromatic carbocycles. The van der Waals surface area contributed by atoms with Crippen LogP contribution in [-0.4, -0.2) is 73.1 Å². The van der Waals surface area contributed by atoms with Gasteiger partial charge in [-0.25, -0.2) is 0 Å². The van der Waals surface area contributed by atoms with Crippen molar-refractivity contribution >= 4 is 40.7 Å². The SMILES string of the molecule is COc1ccc(/C(O)=C2\C(=O)C(=O)N(CCCN3CCOCC3)[C@H]2c2ccc(Cl)c(Cl)c2)c(C)c1. The molecule has 0 unspecified atom stereocenters. The van der Waals surface area contributed by atoms with Gasteiger partial charge in [0.05, 0.1) is 42.0 Å². The van der Waals surface area contributed by atoms with Crippen LogP contribution in [0.5, 0.6) is 5.75 Å². The van der Waals surface area contributed by atoms with Crippen molar-refractivity contribution in [3.05, 3.63) is 68.7 Å². The zero-order chi connectivity index (χ0) is 25.1. The normalized spacial score (nSPS) is 20.5. The van der Waals surface area contributed by atoms with E-state index in [0.29, 0.717) is 58.7 Å². The Labute approximate surface area is 214 Å². The second-order valence-electron chi connectivity index (χ2n) is 8.65. The molecule has 4 rings (SSSR count). The number of hydrogen-bond donors (Lipinski definition) is 1. The number of carbonyl (C=O) groups is 2. The summed E-state index contributed by atoms with van der Waals surface area (Å²) in [6.45, 7) is 6.00. The van der Waals surface area contributed by atoms with E-state index in [1.54, 1.807) is 43.5 Å². The lowest BCUT2D eigenvalue weighted by atomic mass is 9.94. The first-order valence-corrected chi connectivity index (χ1v) is 12.3. The molecule has 35 heavy (non-hydrogen) atoms. The van der Waals surface area contributed by atoms with Gasteiger partial charge in [0.1, 0.15) is 11.5 Å². The molecule has 9 heteroatoms. The molecule has 2 saturated heterocycles. The van der Waals surface area contributed by atoms with Gasteiger partial charge in [0.15, 0.2) is 0 Å². The molecule has 2 fully saturated rings. The number of ketones is 1. The Hall–Kier alpha value is -2.58. The van der Waals surface area contributed by atoms with Crippen LogP contribution in [-0.2, 0) is 14.3 Å². The van der Waals surface area contributed by atoms with E-state index in [1.807, 2.05) is 6.92 Å². The summed E-state index contributed by atoms with van der Waals surface area (Å²) in [5, 5.41) is 12.0. The van der Waals surface area contributed by atoms with Gasteiger partial charge in [-0.3, -0.25) is 14.5 Å². The molecule has 1 atom stereocenters. The van der Waals surface area contributed by atoms with E-state index in [2.05, 4.69) is 4.90 Å². The summed E-state index contributed by atoms with van der Waals surface area (Å²) >= 11 is 12.4. The predicted octanol–water partition coefficient (Wildman–Crippen LogP) is 4.45. The smallest absolute Gasteiger partial charge is 0.295 e. The second kappa shape index (κ2) is 11.0. The lowest BCUT2D eigenvalue weighted by Gasteiger charge is -2.29. The van der Waals surface area contributed by atoms with Gasteiger partial charge >= 0.3 is 0 Å². The van der Waals surface area contributed by atoms with Crippen molar-refractivity contribution in [1.29, 1.82) is 0 Å². The molecule has 0 saturated carbocycles. The molecule has 186 valence electrons. The standard InChI is InChI=1S/C26H28Cl2N2O5/c1-16-14-18(34-2)5-6-19(16)24(31)22-23(17-4-7-20(27)21(28)15-17)30(26(33)25(22)32)9-3-8-29-10-12-35-13-11-29/h4-7,14-15,23,31H,3,8-13H2,1-2H3/b24-22+/t23-/m0/s1. The molecular weight excluding hydrogens is 491 g/mol. The quantitative estimate of drug-likeness (QED) is 0.331. The Morgan fingerprint density at radius 1 is 1.09 bits per heavy atom. The van der Waals surface area contributed by atoms with Gasteiger partial charge in [-0.1, -0.05) is 29.3 Å². The van der Waals surface area contributed by atoms with Gasteiger partial charge in [-0.2, -0.15) is 0 Å². The Bertz CT molecular complexity index is 1160. The first kappa shape index (κ1) is 25.5. The number of likely N-dealkylation sites (tertiary alicyclic amines) is 1. The van der Waals surface area contributed by atoms with Crippen LogP contribution in [0.2, 0.25) is 10.0 Å². The van der Waals surface area contributed by atoms with Gasteiger partial charge in [0, 0.05) is 31.7 Å². The molecule has 0 aromatic heterocycles. The molecule has 2 heterocycles. The van der Waals surface area contributed by atoms with Crippen LogP contribution >= 0.6 is 23.2 Å². The molecule has 7 nitrogen and oxygen atoms in total. The van der Waals surface area contributed by atoms with Gasteiger partial charge < -0.3 is 19.5 Å². The number of aliphatic hydroxyl groups excluding tert-OH is 1. The zero-order valence-electron chi connectivity index (χ0n) is 19.7. The number of ether oxygens (including phenoxy) is 2. The molecule has 1 N–H and O–H groups in total. The van der Waals surface area contributed by atoms with E-state index in [4.69, 9.17) is 32.7 Å². The Balaban J connectivity index is 1.72. The Morgan fingerprint density at radius 2 is 1.83 bits per heavy atom. The predicted molar refractivity (Wildman–Crippen MR) is 135 cm³/mol. The maximum absolute atomic E-state index is 13.2. The van der Waals surface area contributed by atoms with E-state index in [0.717, 1.165) is 19.6 Å². The zero-order valence-corrected chi connectivity index (χ0v) is 21.2. The third-order valence-electron chi connectivity index (χ3n) is 6.47. The molecule has 0 aliphatic carbocycles. The Morgan fingerprint density at radius 3 is 2.49 bits per heavy atom. The summed E-state index contributed by atoms with van der Waals surface area (Å²) in [6.07, 6.45) is 0.673. The number of benzene rings is 2. The molecule has 1 amide bonds. The van der Waals surface area contributed by atoms with Crippen LogP contribution in [0.3, 0.4) is 0 Å². The minimum atomic E-state index is -0.782. The maximum atomic E-state index is 13.2. The molecule has 2 aliphatic heterocycles. The highest BCUT2D eigenvalue weighted by atomic mass is 35.5. The van der Waals surface area contributed by atoms with Crippen molar-refractivity contribution in [2.24, 2.45) is 0 Å². The lowest BCUT2D eigenvalue weighted by Crippen LogP contribution is -2.38. The summed E-state index contributed by atoms with van der Waals surface area (Å²) in [5.41, 5.74) is 1.82. The number of nitrogens with zero attached hydrogens (tertiary/aromatic N) is 2. The third-order valence-corrected chi connectivity index (χ3v) is 7.20. The van der Waals surface area contributed by atoms with Gasteiger partial charge in [0.2, 0.25) is 0 Å². The fourth-order valence-electron chi connectivity index (χ4n) is 4.60. The molecule has 2 aliphatic rings. The average molecular weight is 519 g/mol. The monoisotopic (exact) mass is 518 g/mol. The molecular formula is C26H28Cl2N2O5. The van der Waals surface area contributed by atoms with Crippen LogP contribution in [0.4, 0.5) is 0 Å². The van der Waals surface area contributed by atoms with Gasteiger partial charge in [0.25, 0.3) is 11.7 Å². The minimum absolute atomic E-state index is 0.0352. The van der Waals surface area contributed by atoms with E-state index < -0.39 is 17.7 Å². The number of methoxy groups -OCH3 is 1. The number of Topliss-reactive ketones (excluding diaryl/α,β-unsaturated/α-hetero) is 1. The maximum Gasteiger partial charge on any atom is 0.295 e. The molecule has 0 spiro atoms. The molecule has 0 bridgehead atoms. The van der Waals surface area contributed by atoms with Crippen molar-refractivity contribution < 1.29 is 24.2 Å². The van der Waals surface area contributed by atoms with Crippen molar-refractivity contribution in [3.8, 4) is 5.75 Å². The number of hydrogen-bond acceptors (Lipinski definition) is 6. The van der Waals surface area contributed by atoms with E-state index in [9.17, 15) is 14.7 Å². The fraction of sp³-hybridized carbons (Fsp3) is 0.385. The molecule has 2 aromatic rings. The van der Waals surface area contributed by atoms with E-state index in [-0.39, 0.29) is 11.3 Å². The number of amides is 1. The van der Waals surface area contributed by atoms with Crippen molar-refractivity contribution in [2.75, 3.05) is 46.5 Å². The number of morpholine rings is 1. The summed E-state index contributed by atoms with van der Waals surface area (Å²) < 4.78 is 10.7. The number of halogens is 2. The molecule has 0 radical (unpaired) electrons. The summed E-state index contributed by atoms with van der Waals surface area (Å²) in [4.78, 5) is 30.2. The van der Waals surface area contributed by atoms with E-state index in [1.165, 1.54) is 4.90 Å². The van der Waals surface area contributed by atoms with Gasteiger partial charge in [-0.05, 0) is 54.8 Å². The summed E-state index contributed by atoms with van der Waals surface area (Å²) in [5.74, 6) is -0.963. The van der Waals surface area contributed by atoms with Crippen LogP contribution in [0, 0.1) is 6.92 Å². The highest BCUT2D eigenvalue weighted by Crippen LogP contribution is 2.41. The Kier molecular flexibility index (Phi) is 8.02. The van der Waals surface area contributed by atoms with Crippen molar-refractivity contribution in [1.82, 2.24) is 9.80 Å². The van der Waals surface area contributed by atoms with Crippen LogP contribution in [0.15, 0.2) is 42.0 Å². The minimum Gasteiger partial charge on any atom is -0.507 e. The number of aryl methyl sites for hydroxylation is 1. The average Bonchev–Trinajstić information content (AvgIpc) is 3.11. The second-order valence-corrected chi connectivity index (χ2v) is 9.47. The third kappa shape index (κ3) is 5.33. The highest BCUT2D eigenvalue weighted by molar-refractivity contribution is 6.47. The summed E-state index contributed by atoms with van der Waals surface area (Å²) in [6, 6.07) is 9.37. The van der Waals surface area contributed by atoms with Gasteiger partial charge in [-0.15, -0.1) is 0 Å². The number of carbonyl (C=O) groups excluding carboxylic acids is 2. The van der Waals surface area contributed by atoms with Crippen molar-refractivity contribution in [2.45, 2.75) is 19.4 Å². The largest absolute Gasteiger partial charge is 0.507 e. The fourth-order valence-corrected chi connectivity index (χ4v) is 4.91. The first-order chi connectivity index (χ1) is 16.8. The lowest BCUT2D eigenvalue weighted by molar-refractivity contribution is -0.140. The first-order valence-electron chi connectivity index (χ1n) is 11.5. The summed E-state index contributed by atoms with van der Waals surface area (Å²) in [7, 11) is 1.56. The van der Waals surface area contributed by atoms with E-state index >= 15 is 0 Å².